The Balaban J connectivity index is 1.93. The Morgan fingerprint density at radius 1 is 0.821 bits per heavy atom. The lowest BCUT2D eigenvalue weighted by Crippen LogP contribution is -2.39. The highest BCUT2D eigenvalue weighted by atomic mass is 32.2. The summed E-state index contributed by atoms with van der Waals surface area (Å²) in [7, 11) is -3.94. The Morgan fingerprint density at radius 3 is 2.07 bits per heavy atom. The van der Waals surface area contributed by atoms with E-state index in [-0.39, 0.29) is 22.8 Å². The fourth-order valence-corrected chi connectivity index (χ4v) is 4.97. The van der Waals surface area contributed by atoms with Gasteiger partial charge in [-0.15, -0.1) is 0 Å². The minimum atomic E-state index is -3.94. The van der Waals surface area contributed by atoms with E-state index in [0.29, 0.717) is 11.1 Å². The molecule has 140 valence electrons. The highest BCUT2D eigenvalue weighted by Crippen LogP contribution is 2.36. The number of carbonyl (C=O) groups excluding carboxylic acids is 1. The van der Waals surface area contributed by atoms with Crippen LogP contribution in [0.5, 0.6) is 0 Å². The molecule has 0 unspecified atom stereocenters. The van der Waals surface area contributed by atoms with E-state index in [1.807, 2.05) is 30.3 Å². The topological polar surface area (TPSA) is 80.5 Å². The summed E-state index contributed by atoms with van der Waals surface area (Å²) < 4.78 is 27.9. The van der Waals surface area contributed by atoms with Crippen molar-refractivity contribution >= 4 is 21.5 Å². The van der Waals surface area contributed by atoms with Gasteiger partial charge in [0, 0.05) is 11.1 Å². The normalized spacial score (nSPS) is 15.2. The van der Waals surface area contributed by atoms with Gasteiger partial charge in [-0.1, -0.05) is 78.9 Å². The van der Waals surface area contributed by atoms with Gasteiger partial charge < -0.3 is 5.73 Å². The Morgan fingerprint density at radius 2 is 1.39 bits per heavy atom. The standard InChI is InChI=1S/C22H18N2O3S/c23-20-18-13-7-8-14-19(18)28(26,27)24(15-16-9-3-1-4-10-16)21(20)22(25)17-11-5-2-6-12-17/h1-14H,15,23H2. The lowest BCUT2D eigenvalue weighted by atomic mass is 10.0. The molecule has 3 aromatic rings. The highest BCUT2D eigenvalue weighted by Gasteiger charge is 2.39. The number of nitrogens with zero attached hydrogens (tertiary/aromatic N) is 1. The number of allylic oxidation sites excluding steroid dienone is 1. The van der Waals surface area contributed by atoms with E-state index < -0.39 is 15.8 Å². The number of hydrogen-bond acceptors (Lipinski definition) is 4. The van der Waals surface area contributed by atoms with Crippen LogP contribution in [0.2, 0.25) is 0 Å². The third-order valence-electron chi connectivity index (χ3n) is 4.67. The summed E-state index contributed by atoms with van der Waals surface area (Å²) >= 11 is 0. The highest BCUT2D eigenvalue weighted by molar-refractivity contribution is 7.89. The van der Waals surface area contributed by atoms with E-state index in [0.717, 1.165) is 9.87 Å². The van der Waals surface area contributed by atoms with Crippen LogP contribution in [0, 0.1) is 0 Å². The number of Topliss-reactive ketones (excluding diaryl/α,β-unsaturated/α-hetero) is 1. The number of benzene rings is 3. The lowest BCUT2D eigenvalue weighted by molar-refractivity contribution is 0.101. The van der Waals surface area contributed by atoms with Gasteiger partial charge in [0.1, 0.15) is 5.70 Å². The summed E-state index contributed by atoms with van der Waals surface area (Å²) in [4.78, 5) is 13.4. The molecule has 0 saturated heterocycles. The molecule has 0 amide bonds. The SMILES string of the molecule is NC1=C(C(=O)c2ccccc2)N(Cc2ccccc2)S(=O)(=O)c2ccccc21. The van der Waals surface area contributed by atoms with E-state index in [9.17, 15) is 13.2 Å². The average Bonchev–Trinajstić information content (AvgIpc) is 2.73. The van der Waals surface area contributed by atoms with Crippen molar-refractivity contribution in [1.29, 1.82) is 0 Å². The molecule has 0 atom stereocenters. The molecule has 1 aliphatic rings. The van der Waals surface area contributed by atoms with Crippen LogP contribution in [-0.4, -0.2) is 18.5 Å². The van der Waals surface area contributed by atoms with Gasteiger partial charge in [-0.25, -0.2) is 8.42 Å². The minimum Gasteiger partial charge on any atom is -0.396 e. The molecule has 0 fully saturated rings. The van der Waals surface area contributed by atoms with Crippen LogP contribution in [0.4, 0.5) is 0 Å². The quantitative estimate of drug-likeness (QED) is 0.693. The fourth-order valence-electron chi connectivity index (χ4n) is 3.29. The van der Waals surface area contributed by atoms with Gasteiger partial charge in [0.05, 0.1) is 17.1 Å². The molecule has 0 aliphatic carbocycles. The Kier molecular flexibility index (Phi) is 4.49. The van der Waals surface area contributed by atoms with Gasteiger partial charge in [-0.05, 0) is 11.6 Å². The van der Waals surface area contributed by atoms with Crippen molar-refractivity contribution < 1.29 is 13.2 Å². The zero-order chi connectivity index (χ0) is 19.7. The average molecular weight is 390 g/mol. The predicted octanol–water partition coefficient (Wildman–Crippen LogP) is 3.40. The lowest BCUT2D eigenvalue weighted by Gasteiger charge is -2.32. The number of rotatable bonds is 4. The fraction of sp³-hybridized carbons (Fsp3) is 0.0455. The third-order valence-corrected chi connectivity index (χ3v) is 6.47. The van der Waals surface area contributed by atoms with Crippen LogP contribution in [0.15, 0.2) is 95.5 Å². The van der Waals surface area contributed by atoms with Crippen LogP contribution in [0.3, 0.4) is 0 Å². The third kappa shape index (κ3) is 2.97. The number of ketones is 1. The van der Waals surface area contributed by atoms with E-state index in [4.69, 9.17) is 5.73 Å². The Bertz CT molecular complexity index is 1170. The molecule has 0 bridgehead atoms. The van der Waals surface area contributed by atoms with Gasteiger partial charge in [-0.2, -0.15) is 0 Å². The summed E-state index contributed by atoms with van der Waals surface area (Å²) in [5.41, 5.74) is 7.99. The van der Waals surface area contributed by atoms with E-state index in [1.165, 1.54) is 6.07 Å². The molecule has 0 aromatic heterocycles. The molecule has 0 saturated carbocycles. The van der Waals surface area contributed by atoms with Gasteiger partial charge >= 0.3 is 0 Å². The number of sulfonamides is 1. The van der Waals surface area contributed by atoms with Crippen molar-refractivity contribution in [3.8, 4) is 0 Å². The van der Waals surface area contributed by atoms with Crippen LogP contribution in [-0.2, 0) is 16.6 Å². The van der Waals surface area contributed by atoms with Crippen LogP contribution in [0.25, 0.3) is 5.70 Å². The largest absolute Gasteiger partial charge is 0.396 e. The van der Waals surface area contributed by atoms with Crippen molar-refractivity contribution in [3.63, 3.8) is 0 Å². The van der Waals surface area contributed by atoms with Crippen molar-refractivity contribution in [2.45, 2.75) is 11.4 Å². The maximum Gasteiger partial charge on any atom is 0.265 e. The number of hydrogen-bond donors (Lipinski definition) is 1. The number of carbonyl (C=O) groups is 1. The second-order valence-corrected chi connectivity index (χ2v) is 8.28. The summed E-state index contributed by atoms with van der Waals surface area (Å²) in [5.74, 6) is -0.424. The zero-order valence-corrected chi connectivity index (χ0v) is 15.8. The first-order chi connectivity index (χ1) is 13.5. The second-order valence-electron chi connectivity index (χ2n) is 6.45. The first kappa shape index (κ1) is 18.0. The Labute approximate surface area is 163 Å². The zero-order valence-electron chi connectivity index (χ0n) is 14.9. The molecule has 3 aromatic carbocycles. The molecule has 1 aliphatic heterocycles. The number of fused-ring (bicyclic) bond motifs is 1. The van der Waals surface area contributed by atoms with Crippen LogP contribution >= 0.6 is 0 Å². The van der Waals surface area contributed by atoms with Gasteiger partial charge in [0.2, 0.25) is 5.78 Å². The summed E-state index contributed by atoms with van der Waals surface area (Å²) in [5, 5.41) is 0. The van der Waals surface area contributed by atoms with Gasteiger partial charge in [0.15, 0.2) is 0 Å². The second kappa shape index (κ2) is 6.98. The van der Waals surface area contributed by atoms with Gasteiger partial charge in [0.25, 0.3) is 10.0 Å². The minimum absolute atomic E-state index is 0.0197. The number of nitrogens with two attached hydrogens (primary N) is 1. The summed E-state index contributed by atoms with van der Waals surface area (Å²) in [6, 6.07) is 24.2. The van der Waals surface area contributed by atoms with Crippen molar-refractivity contribution in [1.82, 2.24) is 4.31 Å². The summed E-state index contributed by atoms with van der Waals surface area (Å²) in [6.07, 6.45) is 0. The van der Waals surface area contributed by atoms with E-state index in [2.05, 4.69) is 0 Å². The van der Waals surface area contributed by atoms with Crippen LogP contribution < -0.4 is 5.73 Å². The maximum atomic E-state index is 13.4. The molecule has 4 rings (SSSR count). The Hall–Kier alpha value is -3.38. The predicted molar refractivity (Wildman–Crippen MR) is 107 cm³/mol. The van der Waals surface area contributed by atoms with Crippen molar-refractivity contribution in [2.24, 2.45) is 5.73 Å². The first-order valence-electron chi connectivity index (χ1n) is 8.75. The van der Waals surface area contributed by atoms with Crippen molar-refractivity contribution in [2.75, 3.05) is 0 Å². The summed E-state index contributed by atoms with van der Waals surface area (Å²) in [6.45, 7) is 0.0200. The first-order valence-corrected chi connectivity index (χ1v) is 10.2. The van der Waals surface area contributed by atoms with Crippen molar-refractivity contribution in [3.05, 3.63) is 107 Å². The molecule has 1 heterocycles. The molecular weight excluding hydrogens is 372 g/mol. The van der Waals surface area contributed by atoms with Crippen LogP contribution in [0.1, 0.15) is 21.5 Å². The van der Waals surface area contributed by atoms with E-state index >= 15 is 0 Å². The molecule has 28 heavy (non-hydrogen) atoms. The molecule has 2 N–H and O–H groups in total. The van der Waals surface area contributed by atoms with E-state index in [1.54, 1.807) is 48.5 Å². The maximum absolute atomic E-state index is 13.4. The molecule has 0 radical (unpaired) electrons. The molecular formula is C22H18N2O3S. The molecule has 0 spiro atoms. The monoisotopic (exact) mass is 390 g/mol. The van der Waals surface area contributed by atoms with Gasteiger partial charge in [-0.3, -0.25) is 9.10 Å². The smallest absolute Gasteiger partial charge is 0.265 e. The molecule has 6 heteroatoms. The molecule has 5 nitrogen and oxygen atoms in total.